The Morgan fingerprint density at radius 3 is 1.11 bits per heavy atom. The van der Waals surface area contributed by atoms with Crippen LogP contribution < -0.4 is 64.4 Å². The molecule has 0 saturated carbocycles. The predicted octanol–water partition coefficient (Wildman–Crippen LogP) is 14.8. The second-order valence-corrected chi connectivity index (χ2v) is 34.2. The zero-order valence-electron chi connectivity index (χ0n) is 74.3. The molecule has 4 aromatic carbocycles. The van der Waals surface area contributed by atoms with Crippen LogP contribution in [0.25, 0.3) is 45.0 Å². The van der Waals surface area contributed by atoms with Crippen LogP contribution in [0.15, 0.2) is 215 Å². The fraction of sp³-hybridized carbons (Fsp3) is 0.316. The van der Waals surface area contributed by atoms with Gasteiger partial charge in [0.05, 0.1) is 29.4 Å². The molecule has 126 heavy (non-hydrogen) atoms. The number of aromatic nitrogens is 12. The molecular formula is C95H111N21O10. The molecule has 1 fully saturated rings. The summed E-state index contributed by atoms with van der Waals surface area (Å²) in [7, 11) is 5.64. The molecule has 0 atom stereocenters. The number of hydrogen-bond acceptors (Lipinski definition) is 22. The van der Waals surface area contributed by atoms with Crippen molar-refractivity contribution < 1.29 is 28.7 Å². The third kappa shape index (κ3) is 26.3. The van der Waals surface area contributed by atoms with E-state index in [1.807, 2.05) is 93.6 Å². The molecule has 12 aromatic rings. The maximum absolute atomic E-state index is 12.8. The largest absolute Gasteiger partial charge is 0.450 e. The Morgan fingerprint density at radius 2 is 0.770 bits per heavy atom. The summed E-state index contributed by atoms with van der Waals surface area (Å²) >= 11 is 0. The van der Waals surface area contributed by atoms with Gasteiger partial charge in [0.15, 0.2) is 0 Å². The Labute approximate surface area is 731 Å². The summed E-state index contributed by atoms with van der Waals surface area (Å²) in [5.74, 6) is 0.291. The lowest BCUT2D eigenvalue weighted by atomic mass is 9.86. The molecule has 31 nitrogen and oxygen atoms in total. The van der Waals surface area contributed by atoms with Crippen LogP contribution in [0.2, 0.25) is 0 Å². The van der Waals surface area contributed by atoms with Crippen LogP contribution in [0.5, 0.6) is 0 Å². The lowest BCUT2D eigenvalue weighted by Crippen LogP contribution is -2.42. The quantitative estimate of drug-likeness (QED) is 0.0298. The fourth-order valence-corrected chi connectivity index (χ4v) is 12.8. The zero-order chi connectivity index (χ0) is 91.2. The maximum atomic E-state index is 12.8. The summed E-state index contributed by atoms with van der Waals surface area (Å²) < 4.78 is 5.07. The van der Waals surface area contributed by atoms with E-state index < -0.39 is 5.56 Å². The lowest BCUT2D eigenvalue weighted by molar-refractivity contribution is 0.0979. The Bertz CT molecular complexity index is 6030. The number of ether oxygens (including phenoxy) is 1. The number of nitrogens with one attached hydrogen (secondary N) is 11. The van der Waals surface area contributed by atoms with Crippen LogP contribution in [0.3, 0.4) is 0 Å². The van der Waals surface area contributed by atoms with Gasteiger partial charge < -0.3 is 71.7 Å². The third-order valence-corrected chi connectivity index (χ3v) is 20.4. The minimum Gasteiger partial charge on any atom is -0.450 e. The average molecular weight is 1710 g/mol. The second kappa shape index (κ2) is 42.1. The molecule has 0 radical (unpaired) electrons. The van der Waals surface area contributed by atoms with E-state index in [9.17, 15) is 43.2 Å². The number of aromatic amines is 4. The predicted molar refractivity (Wildman–Crippen MR) is 496 cm³/mol. The minimum atomic E-state index is -0.408. The van der Waals surface area contributed by atoms with E-state index in [0.29, 0.717) is 105 Å². The van der Waals surface area contributed by atoms with Crippen molar-refractivity contribution in [1.82, 2.24) is 70.0 Å². The monoisotopic (exact) mass is 1710 g/mol. The summed E-state index contributed by atoms with van der Waals surface area (Å²) in [6.45, 7) is 32.2. The Morgan fingerprint density at radius 1 is 0.429 bits per heavy atom. The van der Waals surface area contributed by atoms with Gasteiger partial charge in [-0.1, -0.05) is 139 Å². The first-order valence-electron chi connectivity index (χ1n) is 41.5. The topological polar surface area (TPSA) is 420 Å². The normalized spacial score (nSPS) is 12.1. The van der Waals surface area contributed by atoms with E-state index in [1.54, 1.807) is 134 Å². The number of hydrogen-bond donors (Lipinski definition) is 11. The Hall–Kier alpha value is -14.5. The number of H-pyrrole nitrogens is 4. The van der Waals surface area contributed by atoms with Crippen molar-refractivity contribution >= 4 is 70.2 Å². The van der Waals surface area contributed by atoms with Crippen molar-refractivity contribution in [2.24, 2.45) is 0 Å². The number of likely N-dealkylation sites (tertiary alicyclic amines) is 1. The Balaban J connectivity index is 0.000000177. The van der Waals surface area contributed by atoms with Crippen molar-refractivity contribution in [3.63, 3.8) is 0 Å². The standard InChI is InChI=1S/C28H34N6O4.C23H28N6O2.C22H25N5O2.C22H24N4O2/c1-5-38-27(37)34-14-11-21(12-15-34)31-26-29-13-10-22(33-26)19-16-23(25(36)30-17-19)32-24(35)18-6-8-20(9-7-18)28(2,3)4;1-23(2,3)17-7-5-15(6-8-17)20(30)28-19-13-16(14-27-21(19)31)18-9-10-25-22(29-18)26-12-11-24-4;1-22(2,3)16-8-6-14(7-9-16)20(28)26-18-10-15(12-23-21(18)29)17-11-19(27(4)5)25-13-24-17;1-5-17-11-18(25-13-24-17)15-10-19(21(28)23-12-15)26-20(27)14-6-8-16(9-7-14)22(2,3)4/h6-10,13,16-17,21H,5,11-12,14-15H2,1-4H3,(H,30,36)(H,32,35)(H,29,31,33);5-10,13-14,24H,11-12H2,1-4H3,(H,27,31)(H,28,30)(H,25,26,29);6-13H,1-5H3,(H,23,29)(H,26,28);6-13H,5H2,1-4H3,(H,23,28)(H,26,27). The van der Waals surface area contributed by atoms with Crippen LogP contribution in [-0.4, -0.2) is 154 Å². The molecule has 8 aromatic heterocycles. The molecule has 31 heteroatoms. The maximum Gasteiger partial charge on any atom is 0.409 e. The summed E-state index contributed by atoms with van der Waals surface area (Å²) in [5, 5.41) is 20.3. The van der Waals surface area contributed by atoms with Crippen molar-refractivity contribution in [2.75, 3.05) is 90.7 Å². The summed E-state index contributed by atoms with van der Waals surface area (Å²) in [4.78, 5) is 160. The highest BCUT2D eigenvalue weighted by Gasteiger charge is 2.26. The first-order chi connectivity index (χ1) is 59.8. The molecule has 1 saturated heterocycles. The van der Waals surface area contributed by atoms with Crippen LogP contribution in [0.4, 0.5) is 45.3 Å². The van der Waals surface area contributed by atoms with Gasteiger partial charge in [-0.3, -0.25) is 38.4 Å². The van der Waals surface area contributed by atoms with Gasteiger partial charge in [0.2, 0.25) is 11.9 Å². The number of nitrogens with zero attached hydrogens (tertiary/aromatic N) is 10. The molecule has 5 amide bonds. The van der Waals surface area contributed by atoms with Gasteiger partial charge in [0.1, 0.15) is 41.2 Å². The number of pyridine rings is 4. The van der Waals surface area contributed by atoms with Gasteiger partial charge >= 0.3 is 6.09 Å². The van der Waals surface area contributed by atoms with E-state index in [1.165, 1.54) is 12.7 Å². The van der Waals surface area contributed by atoms with Gasteiger partial charge in [-0.05, 0) is 168 Å². The molecular weight excluding hydrogens is 1600 g/mol. The van der Waals surface area contributed by atoms with Crippen molar-refractivity contribution in [3.8, 4) is 45.0 Å². The molecule has 11 N–H and O–H groups in total. The van der Waals surface area contributed by atoms with Gasteiger partial charge in [-0.25, -0.2) is 44.7 Å². The summed E-state index contributed by atoms with van der Waals surface area (Å²) in [5.41, 5.74) is 11.7. The minimum absolute atomic E-state index is 0.00120. The van der Waals surface area contributed by atoms with Crippen LogP contribution in [0.1, 0.15) is 179 Å². The number of aryl methyl sites for hydroxylation is 1. The number of anilines is 7. The molecule has 1 aliphatic rings. The van der Waals surface area contributed by atoms with E-state index in [0.717, 1.165) is 59.6 Å². The zero-order valence-corrected chi connectivity index (χ0v) is 74.3. The highest BCUT2D eigenvalue weighted by Crippen LogP contribution is 2.30. The van der Waals surface area contributed by atoms with Gasteiger partial charge in [0, 0.05) is 140 Å². The first kappa shape index (κ1) is 93.8. The number of carbonyl (C=O) groups is 5. The number of benzene rings is 4. The van der Waals surface area contributed by atoms with Gasteiger partial charge in [-0.2, -0.15) is 0 Å². The third-order valence-electron chi connectivity index (χ3n) is 20.4. The van der Waals surface area contributed by atoms with Crippen LogP contribution >= 0.6 is 0 Å². The Kier molecular flexibility index (Phi) is 31.3. The number of piperidine rings is 1. The molecule has 1 aliphatic heterocycles. The molecule has 0 aliphatic carbocycles. The highest BCUT2D eigenvalue weighted by molar-refractivity contribution is 6.06. The smallest absolute Gasteiger partial charge is 0.409 e. The van der Waals surface area contributed by atoms with E-state index in [4.69, 9.17) is 4.74 Å². The van der Waals surface area contributed by atoms with Crippen molar-refractivity contribution in [1.29, 1.82) is 0 Å². The SMILES string of the molecule is CCOC(=O)N1CCC(Nc2nccc(-c3c[nH]c(=O)c(NC(=O)c4ccc(C(C)(C)C)cc4)c3)n2)CC1.CCc1cc(-c2c[nH]c(=O)c(NC(=O)c3ccc(C(C)(C)C)cc3)c2)ncn1.CN(C)c1cc(-c2c[nH]c(=O)c(NC(=O)c3ccc(C(C)(C)C)cc3)c2)ncn1.CNCCNc1nccc(-c2c[nH]c(=O)c(NC(=O)c3ccc(C(C)(C)C)cc3)c2)n1. The number of rotatable bonds is 21. The second-order valence-electron chi connectivity index (χ2n) is 34.2. The molecule has 0 bridgehead atoms. The van der Waals surface area contributed by atoms with E-state index >= 15 is 0 Å². The van der Waals surface area contributed by atoms with E-state index in [-0.39, 0.29) is 96.9 Å². The summed E-state index contributed by atoms with van der Waals surface area (Å²) in [6.07, 6.45) is 14.5. The summed E-state index contributed by atoms with van der Waals surface area (Å²) in [6, 6.07) is 43.3. The fourth-order valence-electron chi connectivity index (χ4n) is 12.8. The number of likely N-dealkylation sites (N-methyl/N-ethyl adjacent to an activating group) is 1. The molecule has 13 rings (SSSR count). The highest BCUT2D eigenvalue weighted by atomic mass is 16.6. The van der Waals surface area contributed by atoms with Crippen molar-refractivity contribution in [2.45, 2.75) is 144 Å². The molecule has 656 valence electrons. The molecule has 0 spiro atoms. The van der Waals surface area contributed by atoms with Gasteiger partial charge in [0.25, 0.3) is 45.9 Å². The lowest BCUT2D eigenvalue weighted by Gasteiger charge is -2.31. The molecule has 0 unspecified atom stereocenters. The molecule has 9 heterocycles. The first-order valence-corrected chi connectivity index (χ1v) is 41.5. The van der Waals surface area contributed by atoms with Crippen molar-refractivity contribution in [3.05, 3.63) is 287 Å². The van der Waals surface area contributed by atoms with Crippen LogP contribution in [0, 0.1) is 0 Å². The van der Waals surface area contributed by atoms with E-state index in [2.05, 4.69) is 180 Å². The number of carbonyl (C=O) groups excluding carboxylic acids is 5. The average Bonchev–Trinajstić information content (AvgIpc) is 0.824. The number of amides is 5. The van der Waals surface area contributed by atoms with Crippen LogP contribution in [-0.2, 0) is 32.8 Å². The van der Waals surface area contributed by atoms with Gasteiger partial charge in [-0.15, -0.1) is 0 Å².